The molecule has 0 aliphatic rings. The highest BCUT2D eigenvalue weighted by Crippen LogP contribution is 1.99. The summed E-state index contributed by atoms with van der Waals surface area (Å²) in [5.74, 6) is 0.350. The zero-order valence-electron chi connectivity index (χ0n) is 6.31. The van der Waals surface area contributed by atoms with Crippen LogP contribution in [0.2, 0.25) is 0 Å². The first-order valence-electron chi connectivity index (χ1n) is 3.64. The van der Waals surface area contributed by atoms with E-state index in [0.29, 0.717) is 18.6 Å². The van der Waals surface area contributed by atoms with Gasteiger partial charge in [-0.2, -0.15) is 0 Å². The molecule has 0 amide bonds. The number of unbranched alkanes of at least 4 members (excludes halogenated alkanes) is 2. The summed E-state index contributed by atoms with van der Waals surface area (Å²) in [7, 11) is 0. The van der Waals surface area contributed by atoms with Gasteiger partial charge in [0.15, 0.2) is 0 Å². The van der Waals surface area contributed by atoms with Gasteiger partial charge in [-0.1, -0.05) is 26.7 Å². The Bertz CT molecular complexity index is 76.6. The lowest BCUT2D eigenvalue weighted by Gasteiger charge is -1.93. The molecular weight excluding hydrogens is 112 g/mol. The fraction of sp³-hybridized carbons (Fsp3) is 0.750. The van der Waals surface area contributed by atoms with Gasteiger partial charge in [-0.15, -0.1) is 0 Å². The van der Waals surface area contributed by atoms with Gasteiger partial charge in [-0.25, -0.2) is 0 Å². The SMILES string of the molecule is CCC[CH]CC(=O)CC. The van der Waals surface area contributed by atoms with E-state index in [1.807, 2.05) is 6.92 Å². The average molecular weight is 127 g/mol. The fourth-order valence-corrected chi connectivity index (χ4v) is 0.612. The second-order valence-electron chi connectivity index (χ2n) is 2.17. The third kappa shape index (κ3) is 5.54. The van der Waals surface area contributed by atoms with Crippen molar-refractivity contribution in [3.8, 4) is 0 Å². The monoisotopic (exact) mass is 127 g/mol. The van der Waals surface area contributed by atoms with Crippen LogP contribution in [0.15, 0.2) is 0 Å². The minimum Gasteiger partial charge on any atom is -0.300 e. The first-order chi connectivity index (χ1) is 4.31. The molecule has 0 fully saturated rings. The quantitative estimate of drug-likeness (QED) is 0.518. The van der Waals surface area contributed by atoms with Crippen LogP contribution < -0.4 is 0 Å². The van der Waals surface area contributed by atoms with Crippen molar-refractivity contribution in [2.75, 3.05) is 0 Å². The highest BCUT2D eigenvalue weighted by atomic mass is 16.1. The van der Waals surface area contributed by atoms with Gasteiger partial charge in [-0.05, 0) is 6.42 Å². The summed E-state index contributed by atoms with van der Waals surface area (Å²) in [6.07, 6.45) is 5.64. The molecule has 1 nitrogen and oxygen atoms in total. The fourth-order valence-electron chi connectivity index (χ4n) is 0.612. The van der Waals surface area contributed by atoms with E-state index in [1.54, 1.807) is 0 Å². The normalized spacial score (nSPS) is 9.56. The van der Waals surface area contributed by atoms with E-state index in [1.165, 1.54) is 0 Å². The highest BCUT2D eigenvalue weighted by molar-refractivity contribution is 5.78. The summed E-state index contributed by atoms with van der Waals surface area (Å²) in [4.78, 5) is 10.7. The molecule has 0 aromatic rings. The second-order valence-corrected chi connectivity index (χ2v) is 2.17. The topological polar surface area (TPSA) is 17.1 Å². The van der Waals surface area contributed by atoms with Gasteiger partial charge in [0.1, 0.15) is 5.78 Å². The number of hydrogen-bond acceptors (Lipinski definition) is 1. The van der Waals surface area contributed by atoms with Crippen molar-refractivity contribution in [1.29, 1.82) is 0 Å². The number of carbonyl (C=O) groups excluding carboxylic acids is 1. The van der Waals surface area contributed by atoms with E-state index in [-0.39, 0.29) is 0 Å². The molecule has 0 aromatic carbocycles. The maximum absolute atomic E-state index is 10.7. The molecule has 1 heteroatoms. The molecule has 0 spiro atoms. The average Bonchev–Trinajstić information content (AvgIpc) is 1.89. The smallest absolute Gasteiger partial charge is 0.132 e. The number of rotatable bonds is 5. The Balaban J connectivity index is 2.97. The van der Waals surface area contributed by atoms with E-state index in [9.17, 15) is 4.79 Å². The molecule has 1 radical (unpaired) electrons. The molecule has 0 aliphatic carbocycles. The molecular formula is C8H15O. The van der Waals surface area contributed by atoms with Crippen molar-refractivity contribution in [3.05, 3.63) is 6.42 Å². The van der Waals surface area contributed by atoms with Gasteiger partial charge in [-0.3, -0.25) is 4.79 Å². The van der Waals surface area contributed by atoms with E-state index in [2.05, 4.69) is 13.3 Å². The molecule has 53 valence electrons. The summed E-state index contributed by atoms with van der Waals surface area (Å²) in [5, 5.41) is 0. The number of ketones is 1. The first kappa shape index (κ1) is 8.67. The Morgan fingerprint density at radius 2 is 2.11 bits per heavy atom. The number of Topliss-reactive ketones (excluding diaryl/α,β-unsaturated/α-hetero) is 1. The zero-order valence-corrected chi connectivity index (χ0v) is 6.31. The van der Waals surface area contributed by atoms with Crippen molar-refractivity contribution in [2.24, 2.45) is 0 Å². The predicted octanol–water partition coefficient (Wildman–Crippen LogP) is 2.36. The van der Waals surface area contributed by atoms with Crippen molar-refractivity contribution >= 4 is 5.78 Å². The van der Waals surface area contributed by atoms with Crippen LogP contribution in [0, 0.1) is 6.42 Å². The Morgan fingerprint density at radius 1 is 1.44 bits per heavy atom. The standard InChI is InChI=1S/C8H15O/c1-3-5-6-7-8(9)4-2/h6H,3-5,7H2,1-2H3. The van der Waals surface area contributed by atoms with Gasteiger partial charge in [0.05, 0.1) is 0 Å². The zero-order chi connectivity index (χ0) is 7.11. The molecule has 0 atom stereocenters. The van der Waals surface area contributed by atoms with Gasteiger partial charge in [0.25, 0.3) is 0 Å². The van der Waals surface area contributed by atoms with Crippen LogP contribution in [-0.4, -0.2) is 5.78 Å². The number of hydrogen-bond donors (Lipinski definition) is 0. The molecule has 0 saturated carbocycles. The Labute approximate surface area is 57.5 Å². The predicted molar refractivity (Wildman–Crippen MR) is 39.1 cm³/mol. The van der Waals surface area contributed by atoms with Gasteiger partial charge >= 0.3 is 0 Å². The van der Waals surface area contributed by atoms with Gasteiger partial charge < -0.3 is 0 Å². The lowest BCUT2D eigenvalue weighted by atomic mass is 10.1. The molecule has 9 heavy (non-hydrogen) atoms. The second kappa shape index (κ2) is 5.80. The maximum Gasteiger partial charge on any atom is 0.132 e. The molecule has 0 rings (SSSR count). The minimum atomic E-state index is 0.350. The third-order valence-corrected chi connectivity index (χ3v) is 1.26. The summed E-state index contributed by atoms with van der Waals surface area (Å²) in [6, 6.07) is 0. The van der Waals surface area contributed by atoms with E-state index in [4.69, 9.17) is 0 Å². The minimum absolute atomic E-state index is 0.350. The molecule has 0 heterocycles. The molecule has 0 N–H and O–H groups in total. The van der Waals surface area contributed by atoms with Crippen LogP contribution >= 0.6 is 0 Å². The highest BCUT2D eigenvalue weighted by Gasteiger charge is 1.95. The first-order valence-corrected chi connectivity index (χ1v) is 3.64. The van der Waals surface area contributed by atoms with Crippen molar-refractivity contribution < 1.29 is 4.79 Å². The largest absolute Gasteiger partial charge is 0.300 e. The Kier molecular flexibility index (Phi) is 5.59. The van der Waals surface area contributed by atoms with E-state index < -0.39 is 0 Å². The summed E-state index contributed by atoms with van der Waals surface area (Å²) < 4.78 is 0. The van der Waals surface area contributed by atoms with Crippen LogP contribution in [0.4, 0.5) is 0 Å². The van der Waals surface area contributed by atoms with Crippen LogP contribution in [0.3, 0.4) is 0 Å². The van der Waals surface area contributed by atoms with Gasteiger partial charge in [0.2, 0.25) is 0 Å². The van der Waals surface area contributed by atoms with E-state index in [0.717, 1.165) is 12.8 Å². The van der Waals surface area contributed by atoms with Crippen LogP contribution in [-0.2, 0) is 4.79 Å². The number of carbonyl (C=O) groups is 1. The van der Waals surface area contributed by atoms with Crippen LogP contribution in [0.1, 0.15) is 39.5 Å². The Morgan fingerprint density at radius 3 is 2.56 bits per heavy atom. The molecule has 0 saturated heterocycles. The van der Waals surface area contributed by atoms with Crippen molar-refractivity contribution in [3.63, 3.8) is 0 Å². The van der Waals surface area contributed by atoms with Crippen molar-refractivity contribution in [2.45, 2.75) is 39.5 Å². The van der Waals surface area contributed by atoms with E-state index >= 15 is 0 Å². The molecule has 0 aliphatic heterocycles. The third-order valence-electron chi connectivity index (χ3n) is 1.26. The van der Waals surface area contributed by atoms with Crippen LogP contribution in [0.25, 0.3) is 0 Å². The Hall–Kier alpha value is -0.330. The lowest BCUT2D eigenvalue weighted by molar-refractivity contribution is -0.118. The molecule has 0 unspecified atom stereocenters. The van der Waals surface area contributed by atoms with Crippen LogP contribution in [0.5, 0.6) is 0 Å². The van der Waals surface area contributed by atoms with Crippen molar-refractivity contribution in [1.82, 2.24) is 0 Å². The summed E-state index contributed by atoms with van der Waals surface area (Å²) >= 11 is 0. The lowest BCUT2D eigenvalue weighted by Crippen LogP contribution is -1.94. The van der Waals surface area contributed by atoms with Gasteiger partial charge in [0, 0.05) is 12.8 Å². The summed E-state index contributed by atoms with van der Waals surface area (Å²) in [6.45, 7) is 4.02. The summed E-state index contributed by atoms with van der Waals surface area (Å²) in [5.41, 5.74) is 0. The maximum atomic E-state index is 10.7. The molecule has 0 aromatic heterocycles. The molecule has 0 bridgehead atoms.